The number of ether oxygens (including phenoxy) is 1. The number of fused-ring (bicyclic) bond motifs is 3. The van der Waals surface area contributed by atoms with E-state index >= 15 is 0 Å². The third kappa shape index (κ3) is 4.80. The highest BCUT2D eigenvalue weighted by molar-refractivity contribution is 9.10. The van der Waals surface area contributed by atoms with Crippen molar-refractivity contribution in [3.63, 3.8) is 0 Å². The predicted octanol–water partition coefficient (Wildman–Crippen LogP) is 5.90. The zero-order valence-electron chi connectivity index (χ0n) is 19.0. The molecule has 0 bridgehead atoms. The smallest absolute Gasteiger partial charge is 0.341 e. The minimum Gasteiger partial charge on any atom is -0.481 e. The summed E-state index contributed by atoms with van der Waals surface area (Å²) in [6, 6.07) is 17.5. The van der Waals surface area contributed by atoms with E-state index in [1.807, 2.05) is 42.5 Å². The number of nitrogens with zero attached hydrogens (tertiary/aromatic N) is 1. The van der Waals surface area contributed by atoms with E-state index in [1.165, 1.54) is 0 Å². The lowest BCUT2D eigenvalue weighted by atomic mass is 10.0. The van der Waals surface area contributed by atoms with Crippen molar-refractivity contribution in [2.75, 3.05) is 6.61 Å². The molecule has 0 atom stereocenters. The van der Waals surface area contributed by atoms with Gasteiger partial charge in [-0.3, -0.25) is 4.79 Å². The van der Waals surface area contributed by atoms with Crippen molar-refractivity contribution in [3.05, 3.63) is 75.8 Å². The molecule has 6 nitrogen and oxygen atoms in total. The lowest BCUT2D eigenvalue weighted by Crippen LogP contribution is -2.12. The number of aromatic nitrogens is 1. The minimum atomic E-state index is -1.06. The molecular formula is C27H27BrN2O4. The molecule has 4 aromatic rings. The van der Waals surface area contributed by atoms with E-state index in [1.54, 1.807) is 6.07 Å². The fourth-order valence-corrected chi connectivity index (χ4v) is 4.84. The molecule has 0 saturated carbocycles. The molecule has 1 heterocycles. The van der Waals surface area contributed by atoms with Crippen molar-refractivity contribution in [1.82, 2.24) is 4.57 Å². The van der Waals surface area contributed by atoms with E-state index < -0.39 is 18.5 Å². The zero-order chi connectivity index (χ0) is 24.2. The summed E-state index contributed by atoms with van der Waals surface area (Å²) < 4.78 is 8.91. The maximum Gasteiger partial charge on any atom is 0.341 e. The molecule has 0 saturated heterocycles. The highest BCUT2D eigenvalue weighted by Gasteiger charge is 2.21. The Hall–Kier alpha value is -3.32. The van der Waals surface area contributed by atoms with Crippen LogP contribution in [0.4, 0.5) is 0 Å². The maximum atomic E-state index is 12.4. The molecule has 0 radical (unpaired) electrons. The average Bonchev–Trinajstić information content (AvgIpc) is 3.12. The highest BCUT2D eigenvalue weighted by Crippen LogP contribution is 2.39. The van der Waals surface area contributed by atoms with Crippen molar-refractivity contribution in [2.24, 2.45) is 5.73 Å². The van der Waals surface area contributed by atoms with Gasteiger partial charge in [0, 0.05) is 22.0 Å². The third-order valence-electron chi connectivity index (χ3n) is 5.99. The van der Waals surface area contributed by atoms with Gasteiger partial charge in [0.2, 0.25) is 5.91 Å². The Balaban J connectivity index is 2.02. The molecule has 0 spiro atoms. The number of hydrogen-bond acceptors (Lipinski definition) is 3. The molecule has 7 heteroatoms. The van der Waals surface area contributed by atoms with E-state index in [2.05, 4.69) is 33.5 Å². The second-order valence-corrected chi connectivity index (χ2v) is 9.22. The van der Waals surface area contributed by atoms with Crippen LogP contribution in [-0.4, -0.2) is 28.2 Å². The van der Waals surface area contributed by atoms with Gasteiger partial charge >= 0.3 is 5.97 Å². The summed E-state index contributed by atoms with van der Waals surface area (Å²) in [7, 11) is 0. The number of nitrogens with two attached hydrogens (primary N) is 1. The Morgan fingerprint density at radius 2 is 1.82 bits per heavy atom. The van der Waals surface area contributed by atoms with Crippen LogP contribution in [-0.2, 0) is 17.8 Å². The second-order valence-electron chi connectivity index (χ2n) is 8.37. The van der Waals surface area contributed by atoms with Crippen molar-refractivity contribution in [2.45, 2.75) is 39.2 Å². The molecule has 4 rings (SSSR count). The normalized spacial score (nSPS) is 11.2. The predicted molar refractivity (Wildman–Crippen MR) is 138 cm³/mol. The fraction of sp³-hybridized carbons (Fsp3) is 0.259. The Kier molecular flexibility index (Phi) is 7.22. The number of unbranched alkanes of at least 4 members (excludes halogenated alkanes) is 2. The lowest BCUT2D eigenvalue weighted by molar-refractivity contribution is -0.139. The van der Waals surface area contributed by atoms with Crippen LogP contribution in [0.1, 0.15) is 47.7 Å². The largest absolute Gasteiger partial charge is 0.481 e. The Bertz CT molecular complexity index is 1380. The van der Waals surface area contributed by atoms with Crippen LogP contribution in [0, 0.1) is 0 Å². The summed E-state index contributed by atoms with van der Waals surface area (Å²) in [6.45, 7) is 2.25. The van der Waals surface area contributed by atoms with Crippen molar-refractivity contribution in [1.29, 1.82) is 0 Å². The number of carbonyl (C=O) groups is 2. The number of amides is 1. The van der Waals surface area contributed by atoms with Gasteiger partial charge in [-0.2, -0.15) is 0 Å². The number of carboxylic acids is 1. The third-order valence-corrected chi connectivity index (χ3v) is 6.76. The van der Waals surface area contributed by atoms with Crippen LogP contribution < -0.4 is 10.5 Å². The zero-order valence-corrected chi connectivity index (χ0v) is 20.6. The van der Waals surface area contributed by atoms with Gasteiger partial charge in [-0.15, -0.1) is 0 Å². The number of carboxylic acid groups (broad SMARTS) is 1. The van der Waals surface area contributed by atoms with Gasteiger partial charge in [0.15, 0.2) is 6.61 Å². The topological polar surface area (TPSA) is 94.6 Å². The molecule has 1 aromatic heterocycles. The van der Waals surface area contributed by atoms with Crippen molar-refractivity contribution < 1.29 is 19.4 Å². The molecule has 3 aromatic carbocycles. The van der Waals surface area contributed by atoms with E-state index in [0.717, 1.165) is 52.3 Å². The number of aliphatic carboxylic acids is 1. The Labute approximate surface area is 206 Å². The lowest BCUT2D eigenvalue weighted by Gasteiger charge is -2.12. The van der Waals surface area contributed by atoms with Crippen molar-refractivity contribution in [3.8, 4) is 5.75 Å². The first-order valence-electron chi connectivity index (χ1n) is 11.4. The summed E-state index contributed by atoms with van der Waals surface area (Å²) in [5.41, 5.74) is 10.0. The first-order chi connectivity index (χ1) is 16.4. The number of aryl methyl sites for hydroxylation is 1. The molecule has 34 heavy (non-hydrogen) atoms. The molecule has 3 N–H and O–H groups in total. The van der Waals surface area contributed by atoms with Gasteiger partial charge in [-0.25, -0.2) is 4.79 Å². The second kappa shape index (κ2) is 10.3. The Morgan fingerprint density at radius 1 is 1.03 bits per heavy atom. The fourth-order valence-electron chi connectivity index (χ4n) is 4.43. The number of carbonyl (C=O) groups excluding carboxylic acids is 1. The number of rotatable bonds is 10. The molecule has 0 fully saturated rings. The SMILES string of the molecule is CCCCCc1cc(OCC(=O)O)c2c3c(C(N)=O)cccc3n(Cc3ccccc3Br)c2c1. The van der Waals surface area contributed by atoms with Crippen LogP contribution in [0.25, 0.3) is 21.8 Å². The number of benzene rings is 3. The summed E-state index contributed by atoms with van der Waals surface area (Å²) in [5.74, 6) is -1.14. The van der Waals surface area contributed by atoms with Gasteiger partial charge < -0.3 is 20.1 Å². The van der Waals surface area contributed by atoms with Gasteiger partial charge in [0.05, 0.1) is 16.4 Å². The molecule has 0 unspecified atom stereocenters. The number of halogens is 1. The molecule has 0 aliphatic rings. The number of hydrogen-bond donors (Lipinski definition) is 2. The van der Waals surface area contributed by atoms with Crippen LogP contribution in [0.2, 0.25) is 0 Å². The average molecular weight is 523 g/mol. The van der Waals surface area contributed by atoms with Crippen LogP contribution in [0.5, 0.6) is 5.75 Å². The van der Waals surface area contributed by atoms with Gasteiger partial charge in [-0.05, 0) is 54.3 Å². The molecular weight excluding hydrogens is 496 g/mol. The monoisotopic (exact) mass is 522 g/mol. The standard InChI is InChI=1S/C27H27BrN2O4/c1-2-3-4-8-17-13-22-26(23(14-17)34-16-24(31)32)25-19(27(29)33)10-7-12-21(25)30(22)15-18-9-5-6-11-20(18)28/h5-7,9-14H,2-4,8,15-16H2,1H3,(H2,29,33)(H,31,32). The van der Waals surface area contributed by atoms with E-state index in [9.17, 15) is 14.7 Å². The van der Waals surface area contributed by atoms with Gasteiger partial charge in [0.25, 0.3) is 0 Å². The molecule has 0 aliphatic carbocycles. The number of primary amides is 1. The molecule has 1 amide bonds. The molecule has 0 aliphatic heterocycles. The van der Waals surface area contributed by atoms with Crippen LogP contribution >= 0.6 is 15.9 Å². The first-order valence-corrected chi connectivity index (χ1v) is 12.2. The summed E-state index contributed by atoms with van der Waals surface area (Å²) in [4.78, 5) is 23.7. The van der Waals surface area contributed by atoms with Crippen molar-refractivity contribution >= 4 is 49.6 Å². The van der Waals surface area contributed by atoms with E-state index in [0.29, 0.717) is 28.6 Å². The Morgan fingerprint density at radius 3 is 2.53 bits per heavy atom. The van der Waals surface area contributed by atoms with E-state index in [-0.39, 0.29) is 0 Å². The maximum absolute atomic E-state index is 12.4. The quantitative estimate of drug-likeness (QED) is 0.253. The van der Waals surface area contributed by atoms with E-state index in [4.69, 9.17) is 10.5 Å². The molecule has 176 valence electrons. The highest BCUT2D eigenvalue weighted by atomic mass is 79.9. The van der Waals surface area contributed by atoms with Crippen LogP contribution in [0.15, 0.2) is 59.1 Å². The van der Waals surface area contributed by atoms with Crippen LogP contribution in [0.3, 0.4) is 0 Å². The minimum absolute atomic E-state index is 0.382. The summed E-state index contributed by atoms with van der Waals surface area (Å²) >= 11 is 3.64. The summed E-state index contributed by atoms with van der Waals surface area (Å²) in [6.07, 6.45) is 4.09. The summed E-state index contributed by atoms with van der Waals surface area (Å²) in [5, 5.41) is 10.7. The van der Waals surface area contributed by atoms with Gasteiger partial charge in [-0.1, -0.05) is 60.0 Å². The van der Waals surface area contributed by atoms with Gasteiger partial charge in [0.1, 0.15) is 5.75 Å². The first kappa shape index (κ1) is 23.8.